The SMILES string of the molecule is CCN1CCN(c2c(CN(CCC(C)C)C(=O)Nc3cccc(Cl)c3)c(C)nn2-c2ccccc2)CC1. The van der Waals surface area contributed by atoms with Crippen LogP contribution in [0.1, 0.15) is 38.4 Å². The predicted octanol–water partition coefficient (Wildman–Crippen LogP) is 6.06. The average Bonchev–Trinajstić information content (AvgIpc) is 3.22. The third kappa shape index (κ3) is 6.84. The number of benzene rings is 2. The van der Waals surface area contributed by atoms with Crippen LogP contribution >= 0.6 is 11.6 Å². The summed E-state index contributed by atoms with van der Waals surface area (Å²) < 4.78 is 2.06. The van der Waals surface area contributed by atoms with Crippen LogP contribution in [0.2, 0.25) is 5.02 Å². The lowest BCUT2D eigenvalue weighted by molar-refractivity contribution is 0.205. The minimum Gasteiger partial charge on any atom is -0.354 e. The van der Waals surface area contributed by atoms with Crippen molar-refractivity contribution in [3.05, 3.63) is 70.9 Å². The summed E-state index contributed by atoms with van der Waals surface area (Å²) >= 11 is 6.16. The van der Waals surface area contributed by atoms with Gasteiger partial charge >= 0.3 is 6.03 Å². The van der Waals surface area contributed by atoms with Crippen LogP contribution in [0.25, 0.3) is 5.69 Å². The summed E-state index contributed by atoms with van der Waals surface area (Å²) in [7, 11) is 0. The molecular formula is C29H39ClN6O. The molecular weight excluding hydrogens is 484 g/mol. The van der Waals surface area contributed by atoms with E-state index >= 15 is 0 Å². The van der Waals surface area contributed by atoms with E-state index in [4.69, 9.17) is 16.7 Å². The fourth-order valence-corrected chi connectivity index (χ4v) is 4.90. The van der Waals surface area contributed by atoms with Crippen molar-refractivity contribution in [2.75, 3.05) is 49.5 Å². The highest BCUT2D eigenvalue weighted by Crippen LogP contribution is 2.30. The minimum absolute atomic E-state index is 0.128. The van der Waals surface area contributed by atoms with E-state index in [1.54, 1.807) is 12.1 Å². The van der Waals surface area contributed by atoms with Crippen molar-refractivity contribution in [2.24, 2.45) is 5.92 Å². The number of amides is 2. The first kappa shape index (κ1) is 27.0. The van der Waals surface area contributed by atoms with E-state index < -0.39 is 0 Å². The van der Waals surface area contributed by atoms with Crippen molar-refractivity contribution in [3.63, 3.8) is 0 Å². The third-order valence-corrected chi connectivity index (χ3v) is 7.20. The highest BCUT2D eigenvalue weighted by molar-refractivity contribution is 6.30. The summed E-state index contributed by atoms with van der Waals surface area (Å²) in [6.07, 6.45) is 0.916. The number of carbonyl (C=O) groups is 1. The second kappa shape index (κ2) is 12.5. The zero-order valence-corrected chi connectivity index (χ0v) is 23.2. The quantitative estimate of drug-likeness (QED) is 0.371. The van der Waals surface area contributed by atoms with Crippen LogP contribution in [0.3, 0.4) is 0 Å². The number of halogens is 1. The van der Waals surface area contributed by atoms with Crippen LogP contribution in [0.15, 0.2) is 54.6 Å². The van der Waals surface area contributed by atoms with Crippen molar-refractivity contribution in [1.29, 1.82) is 0 Å². The second-order valence-electron chi connectivity index (χ2n) is 10.1. The lowest BCUT2D eigenvalue weighted by atomic mass is 10.1. The Labute approximate surface area is 226 Å². The summed E-state index contributed by atoms with van der Waals surface area (Å²) in [6.45, 7) is 14.7. The smallest absolute Gasteiger partial charge is 0.322 e. The van der Waals surface area contributed by atoms with E-state index in [1.807, 2.05) is 35.2 Å². The second-order valence-corrected chi connectivity index (χ2v) is 10.5. The molecule has 1 N–H and O–H groups in total. The van der Waals surface area contributed by atoms with Crippen molar-refractivity contribution in [2.45, 2.75) is 40.7 Å². The molecule has 1 saturated heterocycles. The third-order valence-electron chi connectivity index (χ3n) is 6.97. The van der Waals surface area contributed by atoms with Gasteiger partial charge in [-0.15, -0.1) is 0 Å². The van der Waals surface area contributed by atoms with Gasteiger partial charge in [0, 0.05) is 49.0 Å². The van der Waals surface area contributed by atoms with Crippen molar-refractivity contribution >= 4 is 29.1 Å². The zero-order chi connectivity index (χ0) is 26.4. The van der Waals surface area contributed by atoms with Gasteiger partial charge in [-0.05, 0) is 56.1 Å². The highest BCUT2D eigenvalue weighted by atomic mass is 35.5. The van der Waals surface area contributed by atoms with E-state index in [2.05, 4.69) is 59.6 Å². The Balaban J connectivity index is 1.68. The Morgan fingerprint density at radius 2 is 1.81 bits per heavy atom. The number of aryl methyl sites for hydroxylation is 1. The molecule has 0 radical (unpaired) electrons. The Kier molecular flexibility index (Phi) is 9.11. The molecule has 2 amide bonds. The first-order valence-corrected chi connectivity index (χ1v) is 13.7. The summed E-state index contributed by atoms with van der Waals surface area (Å²) in [4.78, 5) is 20.3. The lowest BCUT2D eigenvalue weighted by Gasteiger charge is -2.36. The maximum absolute atomic E-state index is 13.5. The summed E-state index contributed by atoms with van der Waals surface area (Å²) in [6, 6.07) is 17.4. The number of urea groups is 1. The van der Waals surface area contributed by atoms with Gasteiger partial charge in [0.15, 0.2) is 0 Å². The van der Waals surface area contributed by atoms with Gasteiger partial charge in [-0.2, -0.15) is 5.10 Å². The van der Waals surface area contributed by atoms with Gasteiger partial charge in [-0.1, -0.05) is 56.6 Å². The number of para-hydroxylation sites is 1. The number of anilines is 2. The summed E-state index contributed by atoms with van der Waals surface area (Å²) in [5, 5.41) is 8.63. The van der Waals surface area contributed by atoms with Crippen molar-refractivity contribution < 1.29 is 4.79 Å². The van der Waals surface area contributed by atoms with Gasteiger partial charge in [0.2, 0.25) is 0 Å². The fourth-order valence-electron chi connectivity index (χ4n) is 4.71. The molecule has 2 heterocycles. The minimum atomic E-state index is -0.128. The maximum atomic E-state index is 13.5. The van der Waals surface area contributed by atoms with Crippen LogP contribution in [0.5, 0.6) is 0 Å². The molecule has 8 heteroatoms. The van der Waals surface area contributed by atoms with Gasteiger partial charge in [0.05, 0.1) is 17.9 Å². The Morgan fingerprint density at radius 1 is 1.08 bits per heavy atom. The van der Waals surface area contributed by atoms with E-state index in [1.165, 1.54) is 0 Å². The first-order chi connectivity index (χ1) is 17.9. The zero-order valence-electron chi connectivity index (χ0n) is 22.5. The number of nitrogens with zero attached hydrogens (tertiary/aromatic N) is 5. The molecule has 4 rings (SSSR count). The molecule has 0 spiro atoms. The number of hydrogen-bond donors (Lipinski definition) is 1. The Bertz CT molecular complexity index is 1170. The van der Waals surface area contributed by atoms with Gasteiger partial charge in [0.1, 0.15) is 5.82 Å². The molecule has 37 heavy (non-hydrogen) atoms. The molecule has 0 bridgehead atoms. The Hall–Kier alpha value is -3.03. The predicted molar refractivity (Wildman–Crippen MR) is 153 cm³/mol. The lowest BCUT2D eigenvalue weighted by Crippen LogP contribution is -2.47. The topological polar surface area (TPSA) is 56.6 Å². The molecule has 0 aliphatic carbocycles. The van der Waals surface area contributed by atoms with E-state index in [9.17, 15) is 4.79 Å². The molecule has 1 aromatic heterocycles. The molecule has 7 nitrogen and oxygen atoms in total. The number of nitrogens with one attached hydrogen (secondary N) is 1. The standard InChI is InChI=1S/C29H39ClN6O/c1-5-33-16-18-34(19-17-33)28-27(23(4)32-36(28)26-12-7-6-8-13-26)21-35(15-14-22(2)3)29(37)31-25-11-9-10-24(30)20-25/h6-13,20,22H,5,14-19,21H2,1-4H3,(H,31,37). The van der Waals surface area contributed by atoms with Crippen molar-refractivity contribution in [1.82, 2.24) is 19.6 Å². The number of piperazine rings is 1. The maximum Gasteiger partial charge on any atom is 0.322 e. The van der Waals surface area contributed by atoms with Gasteiger partial charge in [0.25, 0.3) is 0 Å². The molecule has 198 valence electrons. The molecule has 0 unspecified atom stereocenters. The number of likely N-dealkylation sites (N-methyl/N-ethyl adjacent to an activating group) is 1. The van der Waals surface area contributed by atoms with Gasteiger partial charge in [-0.3, -0.25) is 0 Å². The van der Waals surface area contributed by atoms with Crippen LogP contribution < -0.4 is 10.2 Å². The molecule has 2 aromatic carbocycles. The molecule has 0 atom stereocenters. The van der Waals surface area contributed by atoms with Crippen LogP contribution in [-0.2, 0) is 6.54 Å². The molecule has 3 aromatic rings. The molecule has 0 saturated carbocycles. The molecule has 1 fully saturated rings. The van der Waals surface area contributed by atoms with Crippen LogP contribution in [0.4, 0.5) is 16.3 Å². The summed E-state index contributed by atoms with van der Waals surface area (Å²) in [5.41, 5.74) is 3.77. The van der Waals surface area contributed by atoms with Crippen molar-refractivity contribution in [3.8, 4) is 5.69 Å². The van der Waals surface area contributed by atoms with E-state index in [0.717, 1.165) is 61.9 Å². The van der Waals surface area contributed by atoms with E-state index in [0.29, 0.717) is 29.7 Å². The molecule has 1 aliphatic rings. The number of hydrogen-bond acceptors (Lipinski definition) is 4. The normalized spacial score (nSPS) is 14.3. The molecule has 1 aliphatic heterocycles. The Morgan fingerprint density at radius 3 is 2.46 bits per heavy atom. The largest absolute Gasteiger partial charge is 0.354 e. The average molecular weight is 523 g/mol. The summed E-state index contributed by atoms with van der Waals surface area (Å²) in [5.74, 6) is 1.57. The highest BCUT2D eigenvalue weighted by Gasteiger charge is 2.27. The first-order valence-electron chi connectivity index (χ1n) is 13.3. The number of rotatable bonds is 9. The van der Waals surface area contributed by atoms with Crippen LogP contribution in [-0.4, -0.2) is 64.9 Å². The monoisotopic (exact) mass is 522 g/mol. The van der Waals surface area contributed by atoms with E-state index in [-0.39, 0.29) is 6.03 Å². The van der Waals surface area contributed by atoms with Gasteiger partial charge in [-0.25, -0.2) is 9.48 Å². The fraction of sp³-hybridized carbons (Fsp3) is 0.448. The number of aromatic nitrogens is 2. The van der Waals surface area contributed by atoms with Gasteiger partial charge < -0.3 is 20.0 Å². The van der Waals surface area contributed by atoms with Crippen LogP contribution in [0, 0.1) is 12.8 Å². The number of carbonyl (C=O) groups excluding carboxylic acids is 1.